The number of nitriles is 1. The number of likely N-dealkylation sites (tertiary alicyclic amines) is 1. The van der Waals surface area contributed by atoms with Gasteiger partial charge in [-0.25, -0.2) is 9.98 Å². The van der Waals surface area contributed by atoms with Crippen molar-refractivity contribution in [3.8, 4) is 11.8 Å². The van der Waals surface area contributed by atoms with E-state index >= 15 is 0 Å². The molecule has 1 aliphatic rings. The van der Waals surface area contributed by atoms with Gasteiger partial charge < -0.3 is 19.7 Å². The van der Waals surface area contributed by atoms with Gasteiger partial charge in [0.2, 0.25) is 0 Å². The summed E-state index contributed by atoms with van der Waals surface area (Å²) in [5, 5.41) is 10.8. The molecule has 12 nitrogen and oxygen atoms in total. The highest BCUT2D eigenvalue weighted by Crippen LogP contribution is 2.27. The molecule has 0 radical (unpaired) electrons. The van der Waals surface area contributed by atoms with Crippen LogP contribution in [0, 0.1) is 25.2 Å². The first-order chi connectivity index (χ1) is 27.4. The molecule has 2 heterocycles. The zero-order chi connectivity index (χ0) is 41.5. The van der Waals surface area contributed by atoms with Crippen LogP contribution in [0.15, 0.2) is 107 Å². The summed E-state index contributed by atoms with van der Waals surface area (Å²) in [6, 6.07) is 31.5. The summed E-state index contributed by atoms with van der Waals surface area (Å²) in [5.41, 5.74) is 4.64. The lowest BCUT2D eigenvalue weighted by Gasteiger charge is -2.32. The minimum absolute atomic E-state index is 0.168. The summed E-state index contributed by atoms with van der Waals surface area (Å²) in [4.78, 5) is 60.8. The highest BCUT2D eigenvalue weighted by Gasteiger charge is 2.25. The molecule has 0 aliphatic carbocycles. The Kier molecular flexibility index (Phi) is 15.8. The highest BCUT2D eigenvalue weighted by atomic mass is 16.5. The van der Waals surface area contributed by atoms with Gasteiger partial charge in [-0.1, -0.05) is 60.7 Å². The minimum atomic E-state index is -0.639. The fraction of sp³-hybridized carbons (Fsp3) is 0.311. The molecule has 6 rings (SSSR count). The Balaban J connectivity index is 0.000000241. The summed E-state index contributed by atoms with van der Waals surface area (Å²) in [7, 11) is 0. The van der Waals surface area contributed by atoms with E-state index in [4.69, 9.17) is 19.7 Å². The van der Waals surface area contributed by atoms with E-state index in [0.29, 0.717) is 39.5 Å². The largest absolute Gasteiger partial charge is 0.455 e. The number of esters is 2. The number of amides is 1. The molecule has 1 aromatic heterocycles. The second kappa shape index (κ2) is 20.9. The fourth-order valence-electron chi connectivity index (χ4n) is 6.54. The van der Waals surface area contributed by atoms with Crippen LogP contribution in [0.25, 0.3) is 16.6 Å². The van der Waals surface area contributed by atoms with E-state index in [2.05, 4.69) is 15.2 Å². The van der Waals surface area contributed by atoms with Gasteiger partial charge in [0, 0.05) is 39.5 Å². The lowest BCUT2D eigenvalue weighted by Crippen LogP contribution is -2.42. The highest BCUT2D eigenvalue weighted by molar-refractivity contribution is 6.09. The first-order valence-corrected chi connectivity index (χ1v) is 18.9. The molecule has 1 saturated heterocycles. The molecule has 12 heteroatoms. The van der Waals surface area contributed by atoms with Gasteiger partial charge in [-0.15, -0.1) is 0 Å². The van der Waals surface area contributed by atoms with Crippen LogP contribution in [0.1, 0.15) is 87.3 Å². The van der Waals surface area contributed by atoms with Crippen molar-refractivity contribution in [2.75, 3.05) is 18.4 Å². The standard InChI is InChI=1S/C24H29N3O3.C19H18N2O3.C2H3N/c1-17-11-10-14-21(22(17)24(29)25-20-12-6-4-7-13-20)26-23(18(2)30-19(3)28)27-15-8-5-9-16-27;1-12-8-7-11-16-17(12)19(23)21(15-9-5-4-6-10-15)18(20-16)13(2)24-14(3)22;1-2-3/h4,6-7,10-14,18H,5,8-9,15-16H2,1-3H3,(H,25,29);4-11,13H,1-3H3;1H3/t18-;;/m0../s1. The lowest BCUT2D eigenvalue weighted by atomic mass is 10.1. The summed E-state index contributed by atoms with van der Waals surface area (Å²) < 4.78 is 12.2. The molecular formula is C45H50N6O6. The number of nitrogens with one attached hydrogen (secondary N) is 1. The van der Waals surface area contributed by atoms with Crippen molar-refractivity contribution in [2.24, 2.45) is 4.99 Å². The molecule has 4 aromatic carbocycles. The maximum Gasteiger partial charge on any atom is 0.303 e. The Hall–Kier alpha value is -6.61. The number of aromatic nitrogens is 2. The van der Waals surface area contributed by atoms with E-state index in [-0.39, 0.29) is 17.4 Å². The molecule has 296 valence electrons. The van der Waals surface area contributed by atoms with Gasteiger partial charge in [-0.05, 0) is 94.5 Å². The minimum Gasteiger partial charge on any atom is -0.455 e. The Labute approximate surface area is 333 Å². The SMILES string of the molecule is CC#N.CC(=O)OC(C)c1nc2cccc(C)c2c(=O)n1-c1ccccc1.CC(=O)O[C@@H](C)C(=Nc1cccc(C)c1C(=O)Nc1ccccc1)N1CCCCC1. The van der Waals surface area contributed by atoms with E-state index in [1.807, 2.05) is 112 Å². The molecule has 2 atom stereocenters. The number of hydrogen-bond acceptors (Lipinski definition) is 9. The molecule has 1 amide bonds. The molecule has 0 bridgehead atoms. The van der Waals surface area contributed by atoms with Crippen molar-refractivity contribution in [3.05, 3.63) is 130 Å². The predicted octanol–water partition coefficient (Wildman–Crippen LogP) is 8.56. The van der Waals surface area contributed by atoms with Crippen molar-refractivity contribution in [1.29, 1.82) is 5.26 Å². The van der Waals surface area contributed by atoms with Gasteiger partial charge in [-0.3, -0.25) is 23.7 Å². The van der Waals surface area contributed by atoms with Crippen molar-refractivity contribution < 1.29 is 23.9 Å². The van der Waals surface area contributed by atoms with Crippen molar-refractivity contribution in [3.63, 3.8) is 0 Å². The van der Waals surface area contributed by atoms with Gasteiger partial charge in [0.1, 0.15) is 5.84 Å². The summed E-state index contributed by atoms with van der Waals surface area (Å²) in [5.74, 6) is 0.110. The van der Waals surface area contributed by atoms with E-state index in [1.54, 1.807) is 19.1 Å². The zero-order valence-electron chi connectivity index (χ0n) is 33.6. The zero-order valence-corrected chi connectivity index (χ0v) is 33.6. The van der Waals surface area contributed by atoms with Crippen LogP contribution in [0.2, 0.25) is 0 Å². The number of benzene rings is 4. The average molecular weight is 771 g/mol. The number of carbonyl (C=O) groups is 3. The quantitative estimate of drug-likeness (QED) is 0.0928. The number of aryl methyl sites for hydroxylation is 2. The third-order valence-corrected chi connectivity index (χ3v) is 8.98. The maximum atomic E-state index is 13.1. The summed E-state index contributed by atoms with van der Waals surface area (Å²) in [6.45, 7) is 13.2. The van der Waals surface area contributed by atoms with Gasteiger partial charge in [-0.2, -0.15) is 5.26 Å². The van der Waals surface area contributed by atoms with Crippen LogP contribution < -0.4 is 10.9 Å². The van der Waals surface area contributed by atoms with Crippen LogP contribution in [-0.2, 0) is 19.1 Å². The Morgan fingerprint density at radius 2 is 1.39 bits per heavy atom. The first kappa shape index (κ1) is 43.1. The molecular weight excluding hydrogens is 721 g/mol. The Morgan fingerprint density at radius 3 is 2.00 bits per heavy atom. The number of anilines is 1. The summed E-state index contributed by atoms with van der Waals surface area (Å²) in [6.07, 6.45) is 2.19. The van der Waals surface area contributed by atoms with E-state index < -0.39 is 18.2 Å². The van der Waals surface area contributed by atoms with Crippen molar-refractivity contribution in [2.45, 2.75) is 79.9 Å². The lowest BCUT2D eigenvalue weighted by molar-refractivity contribution is -0.146. The van der Waals surface area contributed by atoms with E-state index in [1.165, 1.54) is 31.8 Å². The molecule has 0 spiro atoms. The maximum absolute atomic E-state index is 13.1. The molecule has 1 aliphatic heterocycles. The molecule has 1 unspecified atom stereocenters. The predicted molar refractivity (Wildman–Crippen MR) is 223 cm³/mol. The van der Waals surface area contributed by atoms with Crippen LogP contribution in [0.3, 0.4) is 0 Å². The van der Waals surface area contributed by atoms with Crippen LogP contribution in [0.5, 0.6) is 0 Å². The van der Waals surface area contributed by atoms with Crippen LogP contribution in [0.4, 0.5) is 11.4 Å². The number of carbonyl (C=O) groups excluding carboxylic acids is 3. The fourth-order valence-corrected chi connectivity index (χ4v) is 6.54. The molecule has 1 fully saturated rings. The molecule has 0 saturated carbocycles. The monoisotopic (exact) mass is 770 g/mol. The second-order valence-electron chi connectivity index (χ2n) is 13.4. The van der Waals surface area contributed by atoms with Crippen LogP contribution >= 0.6 is 0 Å². The van der Waals surface area contributed by atoms with Gasteiger partial charge in [0.05, 0.1) is 33.9 Å². The number of fused-ring (bicyclic) bond motifs is 1. The smallest absolute Gasteiger partial charge is 0.303 e. The number of rotatable bonds is 8. The third-order valence-electron chi connectivity index (χ3n) is 8.98. The number of para-hydroxylation sites is 2. The van der Waals surface area contributed by atoms with Gasteiger partial charge >= 0.3 is 11.9 Å². The first-order valence-electron chi connectivity index (χ1n) is 18.9. The second-order valence-corrected chi connectivity index (χ2v) is 13.4. The normalized spacial score (nSPS) is 13.4. The number of amidine groups is 1. The van der Waals surface area contributed by atoms with Crippen molar-refractivity contribution in [1.82, 2.24) is 14.5 Å². The number of aliphatic imine (C=N–C) groups is 1. The Morgan fingerprint density at radius 1 is 0.807 bits per heavy atom. The van der Waals surface area contributed by atoms with E-state index in [0.717, 1.165) is 42.7 Å². The average Bonchev–Trinajstić information content (AvgIpc) is 3.18. The van der Waals surface area contributed by atoms with Gasteiger partial charge in [0.25, 0.3) is 11.5 Å². The van der Waals surface area contributed by atoms with Crippen LogP contribution in [-0.4, -0.2) is 57.3 Å². The molecule has 1 N–H and O–H groups in total. The Bertz CT molecular complexity index is 2290. The van der Waals surface area contributed by atoms with Gasteiger partial charge in [0.15, 0.2) is 18.0 Å². The third kappa shape index (κ3) is 11.7. The van der Waals surface area contributed by atoms with E-state index in [9.17, 15) is 19.2 Å². The van der Waals surface area contributed by atoms with Crippen molar-refractivity contribution >= 4 is 46.0 Å². The number of piperidine rings is 1. The molecule has 5 aromatic rings. The number of ether oxygens (including phenoxy) is 2. The molecule has 57 heavy (non-hydrogen) atoms. The number of nitrogens with zero attached hydrogens (tertiary/aromatic N) is 5. The summed E-state index contributed by atoms with van der Waals surface area (Å²) >= 11 is 0. The number of hydrogen-bond donors (Lipinski definition) is 1. The topological polar surface area (TPSA) is 156 Å².